The molecule has 1 spiro atoms. The number of ether oxygens (including phenoxy) is 2. The van der Waals surface area contributed by atoms with Gasteiger partial charge < -0.3 is 35.0 Å². The number of likely N-dealkylation sites (tertiary alicyclic amines) is 1. The van der Waals surface area contributed by atoms with Crippen LogP contribution in [0.15, 0.2) is 24.3 Å². The molecule has 2 heterocycles. The van der Waals surface area contributed by atoms with E-state index in [1.54, 1.807) is 7.05 Å². The van der Waals surface area contributed by atoms with E-state index in [4.69, 9.17) is 26.7 Å². The van der Waals surface area contributed by atoms with Crippen LogP contribution in [0.5, 0.6) is 11.5 Å². The minimum Gasteiger partial charge on any atom is -0.481 e. The summed E-state index contributed by atoms with van der Waals surface area (Å²) in [5.74, 6) is 1.52. The van der Waals surface area contributed by atoms with Gasteiger partial charge in [-0.05, 0) is 55.7 Å². The van der Waals surface area contributed by atoms with Crippen LogP contribution in [0.1, 0.15) is 56.1 Å². The maximum absolute atomic E-state index is 13.2. The topological polar surface area (TPSA) is 180 Å². The van der Waals surface area contributed by atoms with Gasteiger partial charge in [0.15, 0.2) is 11.5 Å². The van der Waals surface area contributed by atoms with Crippen LogP contribution in [0.25, 0.3) is 0 Å². The summed E-state index contributed by atoms with van der Waals surface area (Å²) in [6.07, 6.45) is 5.76. The van der Waals surface area contributed by atoms with Crippen molar-refractivity contribution in [2.75, 3.05) is 46.8 Å². The average Bonchev–Trinajstić information content (AvgIpc) is 3.71. The van der Waals surface area contributed by atoms with E-state index in [-0.39, 0.29) is 37.1 Å². The van der Waals surface area contributed by atoms with Crippen LogP contribution in [-0.4, -0.2) is 103 Å². The fourth-order valence-corrected chi connectivity index (χ4v) is 8.56. The van der Waals surface area contributed by atoms with Gasteiger partial charge in [-0.25, -0.2) is 4.79 Å². The van der Waals surface area contributed by atoms with E-state index in [0.29, 0.717) is 37.3 Å². The molecule has 3 aliphatic carbocycles. The summed E-state index contributed by atoms with van der Waals surface area (Å²) >= 11 is 0. The number of benzene rings is 1. The fraction of sp³-hybridized carbons (Fsp3) is 0.656. The lowest BCUT2D eigenvalue weighted by Gasteiger charge is -2.65. The first-order valence-corrected chi connectivity index (χ1v) is 16.0. The maximum Gasteiger partial charge on any atom is 0.415 e. The Morgan fingerprint density at radius 3 is 2.82 bits per heavy atom. The van der Waals surface area contributed by atoms with Crippen LogP contribution in [0.3, 0.4) is 0 Å². The quantitative estimate of drug-likeness (QED) is 0.0604. The molecule has 3 fully saturated rings. The molecule has 2 saturated carbocycles. The zero-order valence-electron chi connectivity index (χ0n) is 26.1. The lowest BCUT2D eigenvalue weighted by atomic mass is 9.48. The zero-order chi connectivity index (χ0) is 31.4. The predicted octanol–water partition coefficient (Wildman–Crippen LogP) is -1.04. The second-order valence-electron chi connectivity index (χ2n) is 14.0. The molecule has 6 atom stereocenters. The Hall–Kier alpha value is -3.35. The molecule has 5 aliphatic rings. The van der Waals surface area contributed by atoms with Gasteiger partial charge in [0.2, 0.25) is 5.91 Å². The van der Waals surface area contributed by atoms with Crippen LogP contribution in [0, 0.1) is 5.92 Å². The molecule has 1 unspecified atom stereocenters. The van der Waals surface area contributed by atoms with Crippen molar-refractivity contribution in [3.8, 4) is 11.5 Å². The normalized spacial score (nSPS) is 31.8. The Kier molecular flexibility index (Phi) is 7.82. The number of aliphatic hydroxyl groups is 1. The van der Waals surface area contributed by atoms with E-state index in [0.717, 1.165) is 53.9 Å². The molecule has 44 heavy (non-hydrogen) atoms. The third-order valence-corrected chi connectivity index (χ3v) is 11.0. The van der Waals surface area contributed by atoms with E-state index in [2.05, 4.69) is 30.0 Å². The molecule has 12 heteroatoms. The number of hydrogen-bond acceptors (Lipinski definition) is 6. The lowest BCUT2D eigenvalue weighted by molar-refractivity contribution is -0.950. The number of carbonyl (C=O) groups excluding carboxylic acids is 2. The number of nitrogens with zero attached hydrogens (tertiary/aromatic N) is 2. The summed E-state index contributed by atoms with van der Waals surface area (Å²) in [4.78, 5) is 29.8. The van der Waals surface area contributed by atoms with Gasteiger partial charge in [-0.15, -0.1) is 0 Å². The standard InChI is InChI=1S/C32H47N7O5/c1-19-10-11-32(42)24-17-21-8-9-23(26-25(21)31(32,27(19)44-26)12-16-39(24,3)18-20-6-7-20)43-30(41)38(2)15-14-36-28(40)22(33)5-4-13-37-29(34)35/h8-9,20,22,24,27,42H,1,4-7,10-18,33H2,2-3H3,(H4-,34,35,36,37,40)/p+2/t22-,24+,27-,31-,32+,39?/m0/s1. The van der Waals surface area contributed by atoms with Gasteiger partial charge in [0.25, 0.3) is 0 Å². The van der Waals surface area contributed by atoms with E-state index in [1.807, 2.05) is 6.07 Å². The van der Waals surface area contributed by atoms with Crippen LogP contribution in [0.4, 0.5) is 4.79 Å². The highest BCUT2D eigenvalue weighted by Crippen LogP contribution is 2.67. The van der Waals surface area contributed by atoms with Gasteiger partial charge in [-0.1, -0.05) is 12.6 Å². The maximum atomic E-state index is 13.2. The van der Waals surface area contributed by atoms with E-state index in [9.17, 15) is 14.7 Å². The van der Waals surface area contributed by atoms with E-state index in [1.165, 1.54) is 23.3 Å². The highest BCUT2D eigenvalue weighted by Gasteiger charge is 2.75. The summed E-state index contributed by atoms with van der Waals surface area (Å²) in [6.45, 7) is 7.48. The summed E-state index contributed by atoms with van der Waals surface area (Å²) in [5, 5.41) is 15.5. The van der Waals surface area contributed by atoms with Gasteiger partial charge >= 0.3 is 12.1 Å². The number of amides is 2. The number of piperidine rings is 1. The van der Waals surface area contributed by atoms with E-state index >= 15 is 0 Å². The van der Waals surface area contributed by atoms with Crippen molar-refractivity contribution >= 4 is 18.0 Å². The molecule has 12 nitrogen and oxygen atoms in total. The SMILES string of the molecule is C=C1CC[C@@]2(O)[C@H]3Cc4ccc(OC(=O)N(C)CCNC(=O)[C@@H](N)CCC[NH+]=C(N)N)c5c4[C@@]2(CC[N+]3(C)CC2CC2)[C@H]1O5. The van der Waals surface area contributed by atoms with Crippen molar-refractivity contribution < 1.29 is 33.6 Å². The molecule has 1 aromatic rings. The second kappa shape index (κ2) is 11.2. The van der Waals surface area contributed by atoms with Crippen LogP contribution >= 0.6 is 0 Å². The minimum atomic E-state index is -0.912. The fourth-order valence-electron chi connectivity index (χ4n) is 8.56. The van der Waals surface area contributed by atoms with Gasteiger partial charge in [0.1, 0.15) is 17.7 Å². The molecule has 240 valence electrons. The molecule has 1 saturated heterocycles. The Morgan fingerprint density at radius 1 is 1.32 bits per heavy atom. The highest BCUT2D eigenvalue weighted by molar-refractivity contribution is 5.81. The Morgan fingerprint density at radius 2 is 2.09 bits per heavy atom. The summed E-state index contributed by atoms with van der Waals surface area (Å²) < 4.78 is 13.5. The van der Waals surface area contributed by atoms with Gasteiger partial charge in [-0.2, -0.15) is 0 Å². The first-order chi connectivity index (χ1) is 20.9. The predicted molar refractivity (Wildman–Crippen MR) is 165 cm³/mol. The van der Waals surface area contributed by atoms with Crippen molar-refractivity contribution in [2.45, 2.75) is 80.6 Å². The minimum absolute atomic E-state index is 0.0947. The average molecular weight is 612 g/mol. The van der Waals surface area contributed by atoms with Crippen LogP contribution < -0.4 is 37.0 Å². The van der Waals surface area contributed by atoms with Gasteiger partial charge in [0, 0.05) is 44.5 Å². The molecule has 6 rings (SSSR count). The van der Waals surface area contributed by atoms with Crippen molar-refractivity contribution in [3.05, 3.63) is 35.4 Å². The van der Waals surface area contributed by atoms with Gasteiger partial charge in [0.05, 0.1) is 38.1 Å². The highest BCUT2D eigenvalue weighted by atomic mass is 16.6. The summed E-state index contributed by atoms with van der Waals surface area (Å²) in [7, 11) is 3.96. The summed E-state index contributed by atoms with van der Waals surface area (Å²) in [5.41, 5.74) is 18.4. The van der Waals surface area contributed by atoms with Crippen molar-refractivity contribution in [3.63, 3.8) is 0 Å². The van der Waals surface area contributed by atoms with Crippen LogP contribution in [0.2, 0.25) is 0 Å². The largest absolute Gasteiger partial charge is 0.481 e. The molecule has 2 bridgehead atoms. The second-order valence-corrected chi connectivity index (χ2v) is 14.0. The Labute approximate surface area is 259 Å². The molecule has 1 aromatic carbocycles. The molecule has 2 amide bonds. The number of rotatable bonds is 11. The first kappa shape index (κ1) is 30.7. The number of guanidine groups is 1. The van der Waals surface area contributed by atoms with Crippen molar-refractivity contribution in [1.82, 2.24) is 10.2 Å². The first-order valence-electron chi connectivity index (χ1n) is 16.0. The molecule has 0 aromatic heterocycles. The number of quaternary nitrogens is 1. The van der Waals surface area contributed by atoms with Crippen molar-refractivity contribution in [2.24, 2.45) is 23.1 Å². The molecular formula is C32H49N7O5+2. The molecule has 9 N–H and O–H groups in total. The van der Waals surface area contributed by atoms with Crippen molar-refractivity contribution in [1.29, 1.82) is 0 Å². The number of likely N-dealkylation sites (N-methyl/N-ethyl adjacent to an activating group) is 2. The smallest absolute Gasteiger partial charge is 0.415 e. The number of nitrogens with one attached hydrogen (secondary N) is 2. The third-order valence-electron chi connectivity index (χ3n) is 11.0. The third kappa shape index (κ3) is 5.00. The number of carbonyl (C=O) groups is 2. The van der Waals surface area contributed by atoms with Crippen LogP contribution in [-0.2, 0) is 16.6 Å². The lowest BCUT2D eigenvalue weighted by Crippen LogP contribution is -2.80. The zero-order valence-corrected chi connectivity index (χ0v) is 26.1. The summed E-state index contributed by atoms with van der Waals surface area (Å²) in [6, 6.07) is 3.30. The van der Waals surface area contributed by atoms with Gasteiger partial charge in [-0.3, -0.25) is 21.3 Å². The Bertz CT molecular complexity index is 1380. The monoisotopic (exact) mass is 611 g/mol. The Balaban J connectivity index is 1.14. The van der Waals surface area contributed by atoms with E-state index < -0.39 is 23.2 Å². The molecule has 2 aliphatic heterocycles. The number of hydrogen-bond donors (Lipinski definition) is 6. The molecular weight excluding hydrogens is 562 g/mol. The molecule has 0 radical (unpaired) electrons. The number of nitrogens with two attached hydrogens (primary N) is 3.